The van der Waals surface area contributed by atoms with Crippen LogP contribution in [-0.4, -0.2) is 22.8 Å². The van der Waals surface area contributed by atoms with Gasteiger partial charge in [-0.05, 0) is 5.56 Å². The standard InChI is InChI=1S/C14H18O5/c1-14(2,17)19-13(16)9-8-12(15)18-10-11-6-4-3-5-7-11/h3-7,17H,8-10H2,1-2H3. The molecule has 0 aliphatic rings. The first-order valence-electron chi connectivity index (χ1n) is 6.00. The third kappa shape index (κ3) is 7.21. The Kier molecular flexibility index (Phi) is 5.51. The summed E-state index contributed by atoms with van der Waals surface area (Å²) >= 11 is 0. The van der Waals surface area contributed by atoms with E-state index in [0.29, 0.717) is 0 Å². The van der Waals surface area contributed by atoms with Crippen LogP contribution in [0.4, 0.5) is 0 Å². The minimum Gasteiger partial charge on any atom is -0.461 e. The molecule has 0 bridgehead atoms. The topological polar surface area (TPSA) is 72.8 Å². The second-order valence-corrected chi connectivity index (χ2v) is 4.57. The van der Waals surface area contributed by atoms with E-state index >= 15 is 0 Å². The number of rotatable bonds is 6. The molecular formula is C14H18O5. The molecule has 0 saturated carbocycles. The number of hydrogen-bond donors (Lipinski definition) is 1. The highest BCUT2D eigenvalue weighted by Gasteiger charge is 2.19. The largest absolute Gasteiger partial charge is 0.461 e. The summed E-state index contributed by atoms with van der Waals surface area (Å²) in [7, 11) is 0. The molecule has 0 heterocycles. The van der Waals surface area contributed by atoms with Gasteiger partial charge < -0.3 is 14.6 Å². The lowest BCUT2D eigenvalue weighted by Crippen LogP contribution is -2.27. The average molecular weight is 266 g/mol. The zero-order valence-electron chi connectivity index (χ0n) is 11.1. The van der Waals surface area contributed by atoms with E-state index in [1.807, 2.05) is 30.3 Å². The van der Waals surface area contributed by atoms with Gasteiger partial charge in [-0.2, -0.15) is 0 Å². The maximum absolute atomic E-state index is 11.4. The molecule has 5 nitrogen and oxygen atoms in total. The molecule has 1 aromatic carbocycles. The van der Waals surface area contributed by atoms with Gasteiger partial charge >= 0.3 is 11.9 Å². The third-order valence-electron chi connectivity index (χ3n) is 2.14. The van der Waals surface area contributed by atoms with Gasteiger partial charge in [0.25, 0.3) is 0 Å². The lowest BCUT2D eigenvalue weighted by atomic mass is 10.2. The number of ether oxygens (including phenoxy) is 2. The Morgan fingerprint density at radius 2 is 1.68 bits per heavy atom. The normalized spacial score (nSPS) is 10.9. The molecule has 0 amide bonds. The highest BCUT2D eigenvalue weighted by Crippen LogP contribution is 2.07. The number of hydrogen-bond acceptors (Lipinski definition) is 5. The van der Waals surface area contributed by atoms with E-state index in [1.54, 1.807) is 0 Å². The number of carbonyl (C=O) groups excluding carboxylic acids is 2. The fourth-order valence-electron chi connectivity index (χ4n) is 1.34. The summed E-state index contributed by atoms with van der Waals surface area (Å²) in [5.41, 5.74) is 0.884. The van der Waals surface area contributed by atoms with Gasteiger partial charge in [-0.1, -0.05) is 30.3 Å². The van der Waals surface area contributed by atoms with Gasteiger partial charge in [0, 0.05) is 13.8 Å². The summed E-state index contributed by atoms with van der Waals surface area (Å²) in [6.45, 7) is 2.87. The van der Waals surface area contributed by atoms with E-state index in [2.05, 4.69) is 4.74 Å². The molecule has 0 aliphatic carbocycles. The van der Waals surface area contributed by atoms with E-state index in [4.69, 9.17) is 4.74 Å². The predicted octanol–water partition coefficient (Wildman–Crippen LogP) is 1.78. The van der Waals surface area contributed by atoms with Crippen molar-refractivity contribution < 1.29 is 24.2 Å². The summed E-state index contributed by atoms with van der Waals surface area (Å²) in [6, 6.07) is 9.26. The Labute approximate surface area is 112 Å². The second-order valence-electron chi connectivity index (χ2n) is 4.57. The van der Waals surface area contributed by atoms with Crippen molar-refractivity contribution in [1.82, 2.24) is 0 Å². The van der Waals surface area contributed by atoms with Crippen LogP contribution in [0.5, 0.6) is 0 Å². The van der Waals surface area contributed by atoms with Crippen molar-refractivity contribution in [2.24, 2.45) is 0 Å². The van der Waals surface area contributed by atoms with E-state index in [0.717, 1.165) is 5.56 Å². The monoisotopic (exact) mass is 266 g/mol. The Morgan fingerprint density at radius 3 is 2.26 bits per heavy atom. The lowest BCUT2D eigenvalue weighted by molar-refractivity contribution is -0.195. The maximum atomic E-state index is 11.4. The highest BCUT2D eigenvalue weighted by atomic mass is 16.7. The van der Waals surface area contributed by atoms with Gasteiger partial charge in [-0.3, -0.25) is 9.59 Å². The van der Waals surface area contributed by atoms with Gasteiger partial charge in [0.2, 0.25) is 5.79 Å². The molecule has 0 atom stereocenters. The smallest absolute Gasteiger partial charge is 0.308 e. The van der Waals surface area contributed by atoms with Crippen LogP contribution in [0.15, 0.2) is 30.3 Å². The van der Waals surface area contributed by atoms with Crippen molar-refractivity contribution in [2.75, 3.05) is 0 Å². The molecule has 0 aliphatic heterocycles. The van der Waals surface area contributed by atoms with Crippen molar-refractivity contribution in [3.05, 3.63) is 35.9 Å². The minimum atomic E-state index is -1.52. The molecule has 5 heteroatoms. The van der Waals surface area contributed by atoms with Crippen LogP contribution in [0.25, 0.3) is 0 Å². The van der Waals surface area contributed by atoms with Gasteiger partial charge in [-0.25, -0.2) is 0 Å². The highest BCUT2D eigenvalue weighted by molar-refractivity contribution is 5.77. The molecule has 0 saturated heterocycles. The number of esters is 2. The summed E-state index contributed by atoms with van der Waals surface area (Å²) < 4.78 is 9.66. The van der Waals surface area contributed by atoms with Crippen LogP contribution in [0.3, 0.4) is 0 Å². The first-order valence-corrected chi connectivity index (χ1v) is 6.00. The quantitative estimate of drug-likeness (QED) is 0.627. The Morgan fingerprint density at radius 1 is 1.11 bits per heavy atom. The molecule has 104 valence electrons. The molecular weight excluding hydrogens is 248 g/mol. The van der Waals surface area contributed by atoms with Crippen molar-refractivity contribution >= 4 is 11.9 Å². The molecule has 0 radical (unpaired) electrons. The zero-order chi connectivity index (χ0) is 14.3. The van der Waals surface area contributed by atoms with E-state index < -0.39 is 17.7 Å². The molecule has 0 fully saturated rings. The molecule has 1 rings (SSSR count). The Bertz CT molecular complexity index is 419. The minimum absolute atomic E-state index is 0.0677. The van der Waals surface area contributed by atoms with Gasteiger partial charge in [-0.15, -0.1) is 0 Å². The third-order valence-corrected chi connectivity index (χ3v) is 2.14. The van der Waals surface area contributed by atoms with Gasteiger partial charge in [0.15, 0.2) is 0 Å². The fraction of sp³-hybridized carbons (Fsp3) is 0.429. The van der Waals surface area contributed by atoms with Crippen LogP contribution in [0.1, 0.15) is 32.3 Å². The van der Waals surface area contributed by atoms with Crippen LogP contribution >= 0.6 is 0 Å². The first-order chi connectivity index (χ1) is 8.87. The molecule has 1 aromatic rings. The molecule has 0 spiro atoms. The average Bonchev–Trinajstić information content (AvgIpc) is 2.33. The summed E-state index contributed by atoms with van der Waals surface area (Å²) in [4.78, 5) is 22.6. The van der Waals surface area contributed by atoms with Crippen LogP contribution in [-0.2, 0) is 25.7 Å². The van der Waals surface area contributed by atoms with Gasteiger partial charge in [0.05, 0.1) is 12.8 Å². The molecule has 1 N–H and O–H groups in total. The van der Waals surface area contributed by atoms with Crippen molar-refractivity contribution in [1.29, 1.82) is 0 Å². The Hall–Kier alpha value is -1.88. The summed E-state index contributed by atoms with van der Waals surface area (Å²) in [5.74, 6) is -2.63. The Balaban J connectivity index is 2.23. The lowest BCUT2D eigenvalue weighted by Gasteiger charge is -2.17. The number of carbonyl (C=O) groups is 2. The van der Waals surface area contributed by atoms with Crippen LogP contribution in [0.2, 0.25) is 0 Å². The SMILES string of the molecule is CC(C)(O)OC(=O)CCC(=O)OCc1ccccc1. The molecule has 19 heavy (non-hydrogen) atoms. The van der Waals surface area contributed by atoms with Crippen molar-refractivity contribution in [3.63, 3.8) is 0 Å². The van der Waals surface area contributed by atoms with E-state index in [9.17, 15) is 14.7 Å². The van der Waals surface area contributed by atoms with Crippen molar-refractivity contribution in [2.45, 2.75) is 39.1 Å². The molecule has 0 unspecified atom stereocenters. The number of aliphatic hydroxyl groups is 1. The van der Waals surface area contributed by atoms with Crippen LogP contribution < -0.4 is 0 Å². The van der Waals surface area contributed by atoms with E-state index in [-0.39, 0.29) is 19.4 Å². The second kappa shape index (κ2) is 6.89. The maximum Gasteiger partial charge on any atom is 0.308 e. The predicted molar refractivity (Wildman–Crippen MR) is 67.9 cm³/mol. The van der Waals surface area contributed by atoms with Gasteiger partial charge in [0.1, 0.15) is 6.61 Å². The zero-order valence-corrected chi connectivity index (χ0v) is 11.1. The summed E-state index contributed by atoms with van der Waals surface area (Å²) in [6.07, 6.45) is -0.181. The number of benzene rings is 1. The molecule has 0 aromatic heterocycles. The fourth-order valence-corrected chi connectivity index (χ4v) is 1.34. The van der Waals surface area contributed by atoms with Crippen LogP contribution in [0, 0.1) is 0 Å². The first kappa shape index (κ1) is 15.2. The summed E-state index contributed by atoms with van der Waals surface area (Å²) in [5, 5.41) is 9.25. The van der Waals surface area contributed by atoms with E-state index in [1.165, 1.54) is 13.8 Å². The van der Waals surface area contributed by atoms with Crippen molar-refractivity contribution in [3.8, 4) is 0 Å².